The highest BCUT2D eigenvalue weighted by Gasteiger charge is 2.34. The van der Waals surface area contributed by atoms with Crippen molar-refractivity contribution in [1.82, 2.24) is 14.4 Å². The minimum absolute atomic E-state index is 0.0427. The molecule has 1 heterocycles. The summed E-state index contributed by atoms with van der Waals surface area (Å²) in [7, 11) is 3.63. The summed E-state index contributed by atoms with van der Waals surface area (Å²) in [4.78, 5) is 29.5. The molecule has 29 heavy (non-hydrogen) atoms. The van der Waals surface area contributed by atoms with Gasteiger partial charge in [0, 0.05) is 45.1 Å². The maximum Gasteiger partial charge on any atom is 0.242 e. The number of aryl methyl sites for hydroxylation is 1. The summed E-state index contributed by atoms with van der Waals surface area (Å²) in [5.41, 5.74) is 1.12. The van der Waals surface area contributed by atoms with Crippen LogP contribution in [0.2, 0.25) is 0 Å². The van der Waals surface area contributed by atoms with Gasteiger partial charge in [-0.05, 0) is 31.4 Å². The van der Waals surface area contributed by atoms with Crippen LogP contribution in [0.5, 0.6) is 0 Å². The predicted molar refractivity (Wildman–Crippen MR) is 115 cm³/mol. The van der Waals surface area contributed by atoms with Crippen molar-refractivity contribution in [1.29, 1.82) is 0 Å². The van der Waals surface area contributed by atoms with Crippen molar-refractivity contribution in [2.75, 3.05) is 26.8 Å². The monoisotopic (exact) mass is 405 g/mol. The first-order valence-corrected chi connectivity index (χ1v) is 11.2. The number of methoxy groups -OCH3 is 1. The van der Waals surface area contributed by atoms with Crippen LogP contribution in [0.3, 0.4) is 0 Å². The van der Waals surface area contributed by atoms with Crippen LogP contribution >= 0.6 is 0 Å². The average molecular weight is 406 g/mol. The Morgan fingerprint density at radius 3 is 2.48 bits per heavy atom. The maximum atomic E-state index is 13.1. The summed E-state index contributed by atoms with van der Waals surface area (Å²) < 4.78 is 7.22. The molecule has 0 N–H and O–H groups in total. The molecule has 6 nitrogen and oxygen atoms in total. The number of unbranched alkanes of at least 4 members (excludes halogenated alkanes) is 5. The Morgan fingerprint density at radius 1 is 1.14 bits per heavy atom. The number of amides is 2. The summed E-state index contributed by atoms with van der Waals surface area (Å²) in [5.74, 6) is 0.113. The highest BCUT2D eigenvalue weighted by Crippen LogP contribution is 2.28. The van der Waals surface area contributed by atoms with Crippen molar-refractivity contribution in [2.24, 2.45) is 7.05 Å². The van der Waals surface area contributed by atoms with Gasteiger partial charge in [-0.15, -0.1) is 0 Å². The molecule has 2 amide bonds. The number of ether oxygens (including phenoxy) is 1. The molecule has 2 rings (SSSR count). The van der Waals surface area contributed by atoms with E-state index in [4.69, 9.17) is 4.74 Å². The largest absolute Gasteiger partial charge is 0.383 e. The molecule has 0 aliphatic heterocycles. The number of hydrogen-bond acceptors (Lipinski definition) is 3. The van der Waals surface area contributed by atoms with Gasteiger partial charge < -0.3 is 19.1 Å². The molecule has 0 atom stereocenters. The normalized spacial score (nSPS) is 13.5. The zero-order valence-corrected chi connectivity index (χ0v) is 18.6. The highest BCUT2D eigenvalue weighted by atomic mass is 16.5. The van der Waals surface area contributed by atoms with Crippen LogP contribution in [0.4, 0.5) is 0 Å². The molecule has 0 aromatic carbocycles. The Hall–Kier alpha value is -1.82. The lowest BCUT2D eigenvalue weighted by Crippen LogP contribution is -2.44. The lowest BCUT2D eigenvalue weighted by molar-refractivity contribution is -0.141. The van der Waals surface area contributed by atoms with E-state index < -0.39 is 0 Å². The molecule has 0 bridgehead atoms. The quantitative estimate of drug-likeness (QED) is 0.418. The van der Waals surface area contributed by atoms with Crippen LogP contribution in [0, 0.1) is 0 Å². The van der Waals surface area contributed by atoms with Gasteiger partial charge in [0.25, 0.3) is 0 Å². The van der Waals surface area contributed by atoms with Crippen molar-refractivity contribution < 1.29 is 14.3 Å². The van der Waals surface area contributed by atoms with E-state index in [1.165, 1.54) is 25.7 Å². The molecular weight excluding hydrogens is 366 g/mol. The Balaban J connectivity index is 1.88. The lowest BCUT2D eigenvalue weighted by Gasteiger charge is -2.28. The van der Waals surface area contributed by atoms with Crippen LogP contribution in [-0.2, 0) is 27.9 Å². The molecule has 0 saturated heterocycles. The molecule has 0 radical (unpaired) electrons. The first kappa shape index (κ1) is 23.5. The Bertz CT molecular complexity index is 625. The van der Waals surface area contributed by atoms with E-state index in [2.05, 4.69) is 17.6 Å². The zero-order chi connectivity index (χ0) is 21.1. The summed E-state index contributed by atoms with van der Waals surface area (Å²) in [6, 6.07) is 4.37. The SMILES string of the molecule is CCCCCCCCC(=O)N(CCOC)CC(=O)N(Cc1cccn1C)C1CC1. The van der Waals surface area contributed by atoms with Gasteiger partial charge in [-0.3, -0.25) is 9.59 Å². The molecular formula is C23H39N3O3. The molecule has 1 aromatic rings. The topological polar surface area (TPSA) is 54.8 Å². The van der Waals surface area contributed by atoms with Gasteiger partial charge in [-0.25, -0.2) is 0 Å². The van der Waals surface area contributed by atoms with E-state index in [1.807, 2.05) is 24.2 Å². The van der Waals surface area contributed by atoms with Crippen molar-refractivity contribution in [3.05, 3.63) is 24.0 Å². The number of aromatic nitrogens is 1. The smallest absolute Gasteiger partial charge is 0.242 e. The van der Waals surface area contributed by atoms with E-state index in [0.717, 1.165) is 31.4 Å². The fourth-order valence-electron chi connectivity index (χ4n) is 3.60. The van der Waals surface area contributed by atoms with Crippen LogP contribution in [0.25, 0.3) is 0 Å². The number of nitrogens with zero attached hydrogens (tertiary/aromatic N) is 3. The van der Waals surface area contributed by atoms with Gasteiger partial charge in [0.15, 0.2) is 0 Å². The molecule has 6 heteroatoms. The van der Waals surface area contributed by atoms with E-state index in [9.17, 15) is 9.59 Å². The lowest BCUT2D eigenvalue weighted by atomic mass is 10.1. The predicted octanol–water partition coefficient (Wildman–Crippen LogP) is 3.74. The third-order valence-corrected chi connectivity index (χ3v) is 5.68. The van der Waals surface area contributed by atoms with Crippen LogP contribution in [0.15, 0.2) is 18.3 Å². The minimum Gasteiger partial charge on any atom is -0.383 e. The van der Waals surface area contributed by atoms with Gasteiger partial charge in [0.1, 0.15) is 0 Å². The number of rotatable bonds is 15. The molecule has 1 fully saturated rings. The first-order valence-electron chi connectivity index (χ1n) is 11.2. The minimum atomic E-state index is 0.0427. The van der Waals surface area contributed by atoms with Crippen LogP contribution < -0.4 is 0 Å². The van der Waals surface area contributed by atoms with Crippen LogP contribution in [-0.4, -0.2) is 59.0 Å². The average Bonchev–Trinajstić information content (AvgIpc) is 3.47. The third kappa shape index (κ3) is 8.21. The van der Waals surface area contributed by atoms with Crippen molar-refractivity contribution >= 4 is 11.8 Å². The number of hydrogen-bond donors (Lipinski definition) is 0. The standard InChI is InChI=1S/C23H39N3O3/c1-4-5-6-7-8-9-12-22(27)25(16-17-29-3)19-23(28)26(20-13-14-20)18-21-11-10-15-24(21)2/h10-11,15,20H,4-9,12-14,16-19H2,1-3H3. The Morgan fingerprint density at radius 2 is 1.86 bits per heavy atom. The summed E-state index contributed by atoms with van der Waals surface area (Å²) in [6.45, 7) is 3.89. The Labute approximate surface area is 176 Å². The van der Waals surface area contributed by atoms with E-state index in [1.54, 1.807) is 12.0 Å². The van der Waals surface area contributed by atoms with E-state index >= 15 is 0 Å². The van der Waals surface area contributed by atoms with Crippen LogP contribution in [0.1, 0.15) is 70.4 Å². The number of carbonyl (C=O) groups is 2. The summed E-state index contributed by atoms with van der Waals surface area (Å²) in [5, 5.41) is 0. The molecule has 0 spiro atoms. The maximum absolute atomic E-state index is 13.1. The second-order valence-corrected chi connectivity index (χ2v) is 8.19. The fourth-order valence-corrected chi connectivity index (χ4v) is 3.60. The summed E-state index contributed by atoms with van der Waals surface area (Å²) >= 11 is 0. The molecule has 1 aromatic heterocycles. The van der Waals surface area contributed by atoms with Gasteiger partial charge in [0.05, 0.1) is 19.7 Å². The molecule has 0 unspecified atom stereocenters. The van der Waals surface area contributed by atoms with Crippen molar-refractivity contribution in [3.63, 3.8) is 0 Å². The highest BCUT2D eigenvalue weighted by molar-refractivity contribution is 5.85. The van der Waals surface area contributed by atoms with Gasteiger partial charge in [-0.1, -0.05) is 39.0 Å². The summed E-state index contributed by atoms with van der Waals surface area (Å²) in [6.07, 6.45) is 11.5. The molecule has 1 aliphatic rings. The second-order valence-electron chi connectivity index (χ2n) is 8.19. The zero-order valence-electron chi connectivity index (χ0n) is 18.6. The Kier molecular flexibility index (Phi) is 10.3. The second kappa shape index (κ2) is 12.7. The van der Waals surface area contributed by atoms with E-state index in [0.29, 0.717) is 32.2 Å². The third-order valence-electron chi connectivity index (χ3n) is 5.68. The molecule has 164 valence electrons. The van der Waals surface area contributed by atoms with Gasteiger partial charge >= 0.3 is 0 Å². The molecule has 1 aliphatic carbocycles. The molecule has 1 saturated carbocycles. The van der Waals surface area contributed by atoms with Gasteiger partial charge in [-0.2, -0.15) is 0 Å². The first-order chi connectivity index (χ1) is 14.1. The van der Waals surface area contributed by atoms with E-state index in [-0.39, 0.29) is 18.4 Å². The van der Waals surface area contributed by atoms with Gasteiger partial charge in [0.2, 0.25) is 11.8 Å². The van der Waals surface area contributed by atoms with Crippen molar-refractivity contribution in [2.45, 2.75) is 77.3 Å². The number of carbonyl (C=O) groups excluding carboxylic acids is 2. The fraction of sp³-hybridized carbons (Fsp3) is 0.739. The van der Waals surface area contributed by atoms with Crippen molar-refractivity contribution in [3.8, 4) is 0 Å².